The average molecular weight is 552 g/mol. The SMILES string of the molecule is CCNC(=NCC(C)(O)CN1CCOCC1)NCC1CCCN1CC1CCCCC1.I. The Labute approximate surface area is 206 Å². The lowest BCUT2D eigenvalue weighted by molar-refractivity contribution is -0.0180. The minimum absolute atomic E-state index is 0. The van der Waals surface area contributed by atoms with Crippen molar-refractivity contribution in [3.63, 3.8) is 0 Å². The molecule has 31 heavy (non-hydrogen) atoms. The molecule has 2 unspecified atom stereocenters. The van der Waals surface area contributed by atoms with Crippen molar-refractivity contribution in [1.82, 2.24) is 20.4 Å². The molecule has 3 rings (SSSR count). The van der Waals surface area contributed by atoms with Crippen LogP contribution in [-0.4, -0.2) is 98.1 Å². The van der Waals surface area contributed by atoms with Crippen molar-refractivity contribution in [3.8, 4) is 0 Å². The highest BCUT2D eigenvalue weighted by Gasteiger charge is 2.28. The predicted octanol–water partition coefficient (Wildman–Crippen LogP) is 2.29. The molecule has 2 saturated heterocycles. The van der Waals surface area contributed by atoms with E-state index in [1.807, 2.05) is 6.92 Å². The van der Waals surface area contributed by atoms with Crippen LogP contribution in [0.15, 0.2) is 4.99 Å². The van der Waals surface area contributed by atoms with Crippen molar-refractivity contribution >= 4 is 29.9 Å². The van der Waals surface area contributed by atoms with E-state index < -0.39 is 5.60 Å². The lowest BCUT2D eigenvalue weighted by Crippen LogP contribution is -2.49. The summed E-state index contributed by atoms with van der Waals surface area (Å²) >= 11 is 0. The zero-order valence-corrected chi connectivity index (χ0v) is 22.1. The number of β-amino-alcohol motifs (C(OH)–C–C–N with tert-alkyl or cyclic N) is 1. The summed E-state index contributed by atoms with van der Waals surface area (Å²) < 4.78 is 5.41. The van der Waals surface area contributed by atoms with Gasteiger partial charge in [-0.3, -0.25) is 14.8 Å². The number of aliphatic imine (C=N–C) groups is 1. The fourth-order valence-corrected chi connectivity index (χ4v) is 5.16. The van der Waals surface area contributed by atoms with Crippen LogP contribution in [0.3, 0.4) is 0 Å². The Bertz CT molecular complexity index is 522. The fourth-order valence-electron chi connectivity index (χ4n) is 5.16. The van der Waals surface area contributed by atoms with E-state index in [-0.39, 0.29) is 24.0 Å². The first-order chi connectivity index (χ1) is 14.6. The van der Waals surface area contributed by atoms with Crippen LogP contribution >= 0.6 is 24.0 Å². The fraction of sp³-hybridized carbons (Fsp3) is 0.957. The summed E-state index contributed by atoms with van der Waals surface area (Å²) in [5.74, 6) is 1.72. The number of rotatable bonds is 9. The second-order valence-electron chi connectivity index (χ2n) is 9.76. The number of nitrogens with one attached hydrogen (secondary N) is 2. The van der Waals surface area contributed by atoms with Crippen molar-refractivity contribution in [1.29, 1.82) is 0 Å². The number of guanidine groups is 1. The standard InChI is InChI=1S/C23H45N5O2.HI/c1-3-24-22(26-18-23(2,29)19-27-12-14-30-15-13-27)25-16-21-10-7-11-28(21)17-20-8-5-4-6-9-20;/h20-21,29H,3-19H2,1-2H3,(H2,24,25,26);1H. The third-order valence-corrected chi connectivity index (χ3v) is 6.81. The lowest BCUT2D eigenvalue weighted by atomic mass is 9.89. The first-order valence-corrected chi connectivity index (χ1v) is 12.3. The Balaban J connectivity index is 0.00000341. The number of morpholine rings is 1. The number of aliphatic hydroxyl groups is 1. The Kier molecular flexibility index (Phi) is 12.4. The Morgan fingerprint density at radius 2 is 1.81 bits per heavy atom. The number of halogens is 1. The molecule has 7 nitrogen and oxygen atoms in total. The molecule has 0 aromatic rings. The normalized spacial score (nSPS) is 26.3. The summed E-state index contributed by atoms with van der Waals surface area (Å²) in [5.41, 5.74) is -0.833. The van der Waals surface area contributed by atoms with E-state index >= 15 is 0 Å². The van der Waals surface area contributed by atoms with Crippen molar-refractivity contribution < 1.29 is 9.84 Å². The van der Waals surface area contributed by atoms with Gasteiger partial charge < -0.3 is 20.5 Å². The first kappa shape index (κ1) is 27.1. The summed E-state index contributed by atoms with van der Waals surface area (Å²) in [6.45, 7) is 12.6. The molecule has 182 valence electrons. The van der Waals surface area contributed by atoms with Crippen LogP contribution < -0.4 is 10.6 Å². The third-order valence-electron chi connectivity index (χ3n) is 6.81. The van der Waals surface area contributed by atoms with Crippen LogP contribution in [0.5, 0.6) is 0 Å². The van der Waals surface area contributed by atoms with E-state index in [4.69, 9.17) is 9.73 Å². The molecule has 0 radical (unpaired) electrons. The first-order valence-electron chi connectivity index (χ1n) is 12.3. The smallest absolute Gasteiger partial charge is 0.191 e. The molecule has 3 fully saturated rings. The van der Waals surface area contributed by atoms with Crippen LogP contribution in [0.1, 0.15) is 58.8 Å². The van der Waals surface area contributed by atoms with Gasteiger partial charge in [-0.2, -0.15) is 0 Å². The Morgan fingerprint density at radius 3 is 2.52 bits per heavy atom. The molecule has 8 heteroatoms. The summed E-state index contributed by atoms with van der Waals surface area (Å²) in [7, 11) is 0. The van der Waals surface area contributed by atoms with Crippen LogP contribution in [-0.2, 0) is 4.74 Å². The molecule has 3 N–H and O–H groups in total. The van der Waals surface area contributed by atoms with Gasteiger partial charge in [-0.05, 0) is 52.0 Å². The molecule has 1 saturated carbocycles. The van der Waals surface area contributed by atoms with Gasteiger partial charge in [0, 0.05) is 45.3 Å². The summed E-state index contributed by atoms with van der Waals surface area (Å²) in [6.07, 6.45) is 9.68. The predicted molar refractivity (Wildman–Crippen MR) is 138 cm³/mol. The molecule has 0 aromatic heterocycles. The van der Waals surface area contributed by atoms with Gasteiger partial charge in [-0.25, -0.2) is 0 Å². The maximum absolute atomic E-state index is 10.8. The van der Waals surface area contributed by atoms with Crippen LogP contribution in [0.25, 0.3) is 0 Å². The maximum Gasteiger partial charge on any atom is 0.191 e. The van der Waals surface area contributed by atoms with Crippen molar-refractivity contribution in [2.24, 2.45) is 10.9 Å². The molecule has 1 aliphatic carbocycles. The van der Waals surface area contributed by atoms with Crippen molar-refractivity contribution in [3.05, 3.63) is 0 Å². The van der Waals surface area contributed by atoms with Crippen molar-refractivity contribution in [2.45, 2.75) is 70.4 Å². The third kappa shape index (κ3) is 9.70. The van der Waals surface area contributed by atoms with Gasteiger partial charge in [0.25, 0.3) is 0 Å². The van der Waals surface area contributed by atoms with Crippen molar-refractivity contribution in [2.75, 3.05) is 65.6 Å². The number of nitrogens with zero attached hydrogens (tertiary/aromatic N) is 3. The van der Waals surface area contributed by atoms with Crippen LogP contribution in [0, 0.1) is 5.92 Å². The van der Waals surface area contributed by atoms with Crippen LogP contribution in [0.2, 0.25) is 0 Å². The molecule has 2 aliphatic heterocycles. The van der Waals surface area contributed by atoms with Crippen LogP contribution in [0.4, 0.5) is 0 Å². The number of hydrogen-bond donors (Lipinski definition) is 3. The van der Waals surface area contributed by atoms with E-state index in [0.717, 1.165) is 51.3 Å². The highest BCUT2D eigenvalue weighted by atomic mass is 127. The molecule has 0 amide bonds. The molecule has 3 aliphatic rings. The van der Waals surface area contributed by atoms with E-state index in [1.165, 1.54) is 58.0 Å². The number of ether oxygens (including phenoxy) is 1. The van der Waals surface area contributed by atoms with Gasteiger partial charge in [-0.15, -0.1) is 24.0 Å². The van der Waals surface area contributed by atoms with Gasteiger partial charge in [-0.1, -0.05) is 19.3 Å². The molecule has 0 spiro atoms. The van der Waals surface area contributed by atoms with Gasteiger partial charge >= 0.3 is 0 Å². The largest absolute Gasteiger partial charge is 0.387 e. The second-order valence-corrected chi connectivity index (χ2v) is 9.76. The monoisotopic (exact) mass is 551 g/mol. The zero-order chi connectivity index (χ0) is 21.2. The average Bonchev–Trinajstić information content (AvgIpc) is 3.18. The summed E-state index contributed by atoms with van der Waals surface area (Å²) in [4.78, 5) is 9.69. The Hall–Kier alpha value is -0.160. The zero-order valence-electron chi connectivity index (χ0n) is 19.8. The maximum atomic E-state index is 10.8. The van der Waals surface area contributed by atoms with E-state index in [2.05, 4.69) is 27.4 Å². The molecular weight excluding hydrogens is 505 g/mol. The van der Waals surface area contributed by atoms with E-state index in [0.29, 0.717) is 19.1 Å². The quantitative estimate of drug-likeness (QED) is 0.232. The number of likely N-dealkylation sites (tertiary alicyclic amines) is 1. The molecule has 2 heterocycles. The minimum atomic E-state index is -0.833. The molecule has 0 bridgehead atoms. The van der Waals surface area contributed by atoms with Gasteiger partial charge in [0.1, 0.15) is 0 Å². The van der Waals surface area contributed by atoms with Gasteiger partial charge in [0.2, 0.25) is 0 Å². The van der Waals surface area contributed by atoms with Gasteiger partial charge in [0.05, 0.1) is 25.4 Å². The summed E-state index contributed by atoms with van der Waals surface area (Å²) in [5, 5.41) is 17.7. The summed E-state index contributed by atoms with van der Waals surface area (Å²) in [6, 6.07) is 0.602. The molecule has 2 atom stereocenters. The van der Waals surface area contributed by atoms with E-state index in [1.54, 1.807) is 0 Å². The lowest BCUT2D eigenvalue weighted by Gasteiger charge is -2.33. The number of hydrogen-bond acceptors (Lipinski definition) is 5. The van der Waals surface area contributed by atoms with E-state index in [9.17, 15) is 5.11 Å². The minimum Gasteiger partial charge on any atom is -0.387 e. The molecular formula is C23H46IN5O2. The highest BCUT2D eigenvalue weighted by molar-refractivity contribution is 14.0. The second kappa shape index (κ2) is 14.2. The topological polar surface area (TPSA) is 72.4 Å². The van der Waals surface area contributed by atoms with Gasteiger partial charge in [0.15, 0.2) is 5.96 Å². The Morgan fingerprint density at radius 1 is 1.06 bits per heavy atom. The molecule has 0 aromatic carbocycles. The highest BCUT2D eigenvalue weighted by Crippen LogP contribution is 2.27.